The summed E-state index contributed by atoms with van der Waals surface area (Å²) in [6, 6.07) is 0. The lowest BCUT2D eigenvalue weighted by molar-refractivity contribution is 0.159. The topological polar surface area (TPSA) is 55.4 Å². The van der Waals surface area contributed by atoms with Gasteiger partial charge in [-0.2, -0.15) is 0 Å². The Hall–Kier alpha value is -0.680. The van der Waals surface area contributed by atoms with Crippen molar-refractivity contribution in [1.82, 2.24) is 5.48 Å². The van der Waals surface area contributed by atoms with E-state index < -0.39 is 9.05 Å². The van der Waals surface area contributed by atoms with Gasteiger partial charge in [0.05, 0.1) is 0 Å². The van der Waals surface area contributed by atoms with Gasteiger partial charge in [-0.1, -0.05) is 0 Å². The Bertz CT molecular complexity index is 279. The molecule has 1 rings (SSSR count). The minimum Gasteiger partial charge on any atom is -0.369 e. The molecule has 10 heavy (non-hydrogen) atoms. The van der Waals surface area contributed by atoms with Gasteiger partial charge in [-0.25, -0.2) is 13.9 Å². The van der Waals surface area contributed by atoms with Crippen molar-refractivity contribution in [2.75, 3.05) is 0 Å². The second-order valence-electron chi connectivity index (χ2n) is 1.50. The van der Waals surface area contributed by atoms with E-state index >= 15 is 0 Å². The zero-order valence-corrected chi connectivity index (χ0v) is 6.32. The molecule has 4 nitrogen and oxygen atoms in total. The molecule has 0 aromatic rings. The van der Waals surface area contributed by atoms with Crippen LogP contribution in [-0.4, -0.2) is 8.42 Å². The molecule has 0 fully saturated rings. The first-order valence-electron chi connectivity index (χ1n) is 2.34. The minimum absolute atomic E-state index is 0.295. The fraction of sp³-hybridized carbons (Fsp3) is 0. The Morgan fingerprint density at radius 1 is 1.60 bits per heavy atom. The Balaban J connectivity index is 2.93. The Labute approximate surface area is 62.5 Å². The Morgan fingerprint density at radius 3 is 2.60 bits per heavy atom. The van der Waals surface area contributed by atoms with Crippen LogP contribution in [0.5, 0.6) is 0 Å². The summed E-state index contributed by atoms with van der Waals surface area (Å²) in [6.07, 6.45) is 4.16. The molecule has 0 saturated heterocycles. The molecule has 0 atom stereocenters. The largest absolute Gasteiger partial charge is 0.369 e. The molecular weight excluding hydrogens is 178 g/mol. The Kier molecular flexibility index (Phi) is 1.87. The molecule has 1 N–H and O–H groups in total. The first kappa shape index (κ1) is 7.43. The van der Waals surface area contributed by atoms with Crippen LogP contribution >= 0.6 is 10.7 Å². The summed E-state index contributed by atoms with van der Waals surface area (Å²) < 4.78 is 21.0. The lowest BCUT2D eigenvalue weighted by atomic mass is 10.6. The summed E-state index contributed by atoms with van der Waals surface area (Å²) in [5.41, 5.74) is 2.23. The van der Waals surface area contributed by atoms with Crippen molar-refractivity contribution in [2.45, 2.75) is 0 Å². The average Bonchev–Trinajstić information content (AvgIpc) is 1.88. The third-order valence-electron chi connectivity index (χ3n) is 0.796. The lowest BCUT2D eigenvalue weighted by Crippen LogP contribution is -2.12. The highest BCUT2D eigenvalue weighted by Gasteiger charge is 2.16. The van der Waals surface area contributed by atoms with Crippen LogP contribution in [0.3, 0.4) is 0 Å². The van der Waals surface area contributed by atoms with Crippen LogP contribution in [0.25, 0.3) is 0 Å². The molecule has 1 heterocycles. The predicted molar refractivity (Wildman–Crippen MR) is 36.2 cm³/mol. The zero-order valence-electron chi connectivity index (χ0n) is 4.74. The number of rotatable bonds is 1. The van der Waals surface area contributed by atoms with Crippen molar-refractivity contribution in [2.24, 2.45) is 0 Å². The molecule has 0 bridgehead atoms. The van der Waals surface area contributed by atoms with Crippen LogP contribution in [-0.2, 0) is 13.9 Å². The van der Waals surface area contributed by atoms with E-state index in [1.165, 1.54) is 18.4 Å². The van der Waals surface area contributed by atoms with Crippen molar-refractivity contribution in [3.05, 3.63) is 23.4 Å². The highest BCUT2D eigenvalue weighted by atomic mass is 35.7. The number of hydroxylamine groups is 1. The van der Waals surface area contributed by atoms with Gasteiger partial charge in [0.25, 0.3) is 14.1 Å². The standard InChI is InChI=1S/C4H4ClNO3S/c5-10(7,8)4-2-1-3-6-9-4/h1-3,6H. The number of nitrogens with one attached hydrogen (secondary N) is 1. The summed E-state index contributed by atoms with van der Waals surface area (Å²) >= 11 is 0. The Morgan fingerprint density at radius 2 is 2.30 bits per heavy atom. The first-order chi connectivity index (χ1) is 4.61. The molecule has 0 aromatic carbocycles. The number of hydrogen-bond acceptors (Lipinski definition) is 4. The van der Waals surface area contributed by atoms with Crippen LogP contribution < -0.4 is 5.48 Å². The van der Waals surface area contributed by atoms with Gasteiger partial charge in [0.2, 0.25) is 0 Å². The van der Waals surface area contributed by atoms with Gasteiger partial charge in [0.1, 0.15) is 0 Å². The quantitative estimate of drug-likeness (QED) is 0.597. The highest BCUT2D eigenvalue weighted by Crippen LogP contribution is 2.13. The van der Waals surface area contributed by atoms with Gasteiger partial charge in [-0.15, -0.1) is 0 Å². The van der Waals surface area contributed by atoms with E-state index in [9.17, 15) is 8.42 Å². The fourth-order valence-electron chi connectivity index (χ4n) is 0.423. The average molecular weight is 182 g/mol. The summed E-state index contributed by atoms with van der Waals surface area (Å²) in [4.78, 5) is 4.45. The lowest BCUT2D eigenvalue weighted by Gasteiger charge is -2.07. The second-order valence-corrected chi connectivity index (χ2v) is 4.00. The van der Waals surface area contributed by atoms with Gasteiger partial charge in [0, 0.05) is 16.9 Å². The summed E-state index contributed by atoms with van der Waals surface area (Å²) in [5, 5.41) is -0.295. The zero-order chi connectivity index (χ0) is 7.61. The highest BCUT2D eigenvalue weighted by molar-refractivity contribution is 8.16. The molecule has 0 aromatic heterocycles. The maximum absolute atomic E-state index is 10.5. The van der Waals surface area contributed by atoms with Gasteiger partial charge in [-0.3, -0.25) is 0 Å². The monoisotopic (exact) mass is 181 g/mol. The van der Waals surface area contributed by atoms with Gasteiger partial charge in [0.15, 0.2) is 0 Å². The summed E-state index contributed by atoms with van der Waals surface area (Å²) in [5.74, 6) is 0. The van der Waals surface area contributed by atoms with Gasteiger partial charge in [-0.05, 0) is 12.2 Å². The molecule has 1 aliphatic rings. The normalized spacial score (nSPS) is 17.1. The van der Waals surface area contributed by atoms with E-state index in [2.05, 4.69) is 10.3 Å². The SMILES string of the molecule is O=S(=O)(Cl)C1=CC=CNO1. The second kappa shape index (κ2) is 2.51. The first-order valence-corrected chi connectivity index (χ1v) is 4.65. The van der Waals surface area contributed by atoms with Crippen LogP contribution in [0.2, 0.25) is 0 Å². The third kappa shape index (κ3) is 1.65. The number of hydrogen-bond donors (Lipinski definition) is 1. The van der Waals surface area contributed by atoms with Crippen molar-refractivity contribution in [1.29, 1.82) is 0 Å². The summed E-state index contributed by atoms with van der Waals surface area (Å²) in [6.45, 7) is 0. The molecule has 0 spiro atoms. The van der Waals surface area contributed by atoms with E-state index in [1.807, 2.05) is 0 Å². The predicted octanol–water partition coefficient (Wildman–Crippen LogP) is 0.445. The molecule has 0 unspecified atom stereocenters. The maximum Gasteiger partial charge on any atom is 0.297 e. The van der Waals surface area contributed by atoms with Crippen LogP contribution in [0.4, 0.5) is 0 Å². The molecule has 0 amide bonds. The molecule has 1 aliphatic heterocycles. The number of halogens is 1. The minimum atomic E-state index is -3.73. The van der Waals surface area contributed by atoms with Crippen LogP contribution in [0.15, 0.2) is 23.4 Å². The van der Waals surface area contributed by atoms with Crippen LogP contribution in [0.1, 0.15) is 0 Å². The summed E-state index contributed by atoms with van der Waals surface area (Å²) in [7, 11) is 1.19. The molecule has 0 saturated carbocycles. The molecule has 6 heteroatoms. The smallest absolute Gasteiger partial charge is 0.297 e. The molecular formula is C4H4ClNO3S. The van der Waals surface area contributed by atoms with Crippen molar-refractivity contribution in [3.8, 4) is 0 Å². The van der Waals surface area contributed by atoms with Gasteiger partial charge < -0.3 is 4.84 Å². The van der Waals surface area contributed by atoms with Crippen LogP contribution in [0, 0.1) is 0 Å². The fourth-order valence-corrected chi connectivity index (χ4v) is 1.06. The van der Waals surface area contributed by atoms with Gasteiger partial charge >= 0.3 is 0 Å². The molecule has 0 aliphatic carbocycles. The van der Waals surface area contributed by atoms with E-state index in [1.54, 1.807) is 0 Å². The number of allylic oxidation sites excluding steroid dienone is 2. The maximum atomic E-state index is 10.5. The van der Waals surface area contributed by atoms with E-state index in [4.69, 9.17) is 10.7 Å². The third-order valence-corrected chi connectivity index (χ3v) is 1.95. The van der Waals surface area contributed by atoms with E-state index in [-0.39, 0.29) is 5.09 Å². The van der Waals surface area contributed by atoms with Crippen molar-refractivity contribution >= 4 is 19.7 Å². The van der Waals surface area contributed by atoms with Crippen molar-refractivity contribution in [3.63, 3.8) is 0 Å². The molecule has 0 radical (unpaired) electrons. The molecule has 56 valence electrons. The van der Waals surface area contributed by atoms with Crippen molar-refractivity contribution < 1.29 is 13.3 Å². The van der Waals surface area contributed by atoms with E-state index in [0.29, 0.717) is 0 Å². The van der Waals surface area contributed by atoms with E-state index in [0.717, 1.165) is 0 Å².